The summed E-state index contributed by atoms with van der Waals surface area (Å²) in [5.41, 5.74) is 8.87. The molecule has 0 unspecified atom stereocenters. The van der Waals surface area contributed by atoms with Gasteiger partial charge in [-0.05, 0) is 36.4 Å². The SMILES string of the molecule is N=C1C(=N)c2nc3cccc(N=C4C(=N)c5nc6ccccc6nc5-c5nc6ccccc6nc54)c3nc2-c2ccccc21. The Balaban J connectivity index is 1.32. The Morgan fingerprint density at radius 3 is 1.57 bits per heavy atom. The van der Waals surface area contributed by atoms with Crippen molar-refractivity contribution in [1.82, 2.24) is 29.9 Å². The van der Waals surface area contributed by atoms with Crippen molar-refractivity contribution in [3.8, 4) is 22.6 Å². The second kappa shape index (κ2) is 8.79. The van der Waals surface area contributed by atoms with Crippen molar-refractivity contribution >= 4 is 61.6 Å². The molecule has 7 aromatic rings. The summed E-state index contributed by atoms with van der Waals surface area (Å²) in [5, 5.41) is 26.5. The Labute approximate surface area is 248 Å². The largest absolute Gasteiger partial charge is 0.298 e. The number of aliphatic imine (C=N–C) groups is 1. The van der Waals surface area contributed by atoms with Gasteiger partial charge in [-0.25, -0.2) is 34.9 Å². The zero-order valence-electron chi connectivity index (χ0n) is 22.8. The van der Waals surface area contributed by atoms with Crippen LogP contribution < -0.4 is 0 Å². The first-order chi connectivity index (χ1) is 21.5. The van der Waals surface area contributed by atoms with Gasteiger partial charge in [-0.2, -0.15) is 0 Å². The van der Waals surface area contributed by atoms with Gasteiger partial charge >= 0.3 is 0 Å². The summed E-state index contributed by atoms with van der Waals surface area (Å²) in [4.78, 5) is 34.3. The highest BCUT2D eigenvalue weighted by Gasteiger charge is 2.33. The number of hydrogen-bond acceptors (Lipinski definition) is 10. The average Bonchev–Trinajstić information content (AvgIpc) is 3.07. The minimum Gasteiger partial charge on any atom is -0.298 e. The van der Waals surface area contributed by atoms with Crippen molar-refractivity contribution in [2.24, 2.45) is 4.99 Å². The fraction of sp³-hybridized carbons (Fsp3) is 0. The predicted octanol–water partition coefficient (Wildman–Crippen LogP) is 6.10. The molecule has 2 aliphatic carbocycles. The van der Waals surface area contributed by atoms with Crippen LogP contribution in [0, 0.1) is 16.2 Å². The molecule has 0 aliphatic heterocycles. The lowest BCUT2D eigenvalue weighted by Crippen LogP contribution is -2.26. The first-order valence-corrected chi connectivity index (χ1v) is 13.9. The van der Waals surface area contributed by atoms with Crippen molar-refractivity contribution in [2.75, 3.05) is 0 Å². The van der Waals surface area contributed by atoms with Gasteiger partial charge in [-0.15, -0.1) is 0 Å². The van der Waals surface area contributed by atoms with Crippen molar-refractivity contribution in [1.29, 1.82) is 16.2 Å². The van der Waals surface area contributed by atoms with Gasteiger partial charge in [0.15, 0.2) is 0 Å². The predicted molar refractivity (Wildman–Crippen MR) is 170 cm³/mol. The first kappa shape index (κ1) is 24.2. The molecule has 204 valence electrons. The highest BCUT2D eigenvalue weighted by Crippen LogP contribution is 2.37. The summed E-state index contributed by atoms with van der Waals surface area (Å²) in [6.45, 7) is 0. The Morgan fingerprint density at radius 2 is 0.886 bits per heavy atom. The zero-order chi connectivity index (χ0) is 29.5. The molecular formula is C34H18N10. The van der Waals surface area contributed by atoms with E-state index in [9.17, 15) is 5.41 Å². The van der Waals surface area contributed by atoms with E-state index in [0.717, 1.165) is 5.56 Å². The van der Waals surface area contributed by atoms with E-state index in [-0.39, 0.29) is 17.1 Å². The number of nitrogens with zero attached hydrogens (tertiary/aromatic N) is 7. The number of para-hydroxylation sites is 5. The van der Waals surface area contributed by atoms with Crippen molar-refractivity contribution in [3.63, 3.8) is 0 Å². The molecule has 0 bridgehead atoms. The average molecular weight is 567 g/mol. The highest BCUT2D eigenvalue weighted by molar-refractivity contribution is 6.56. The molecule has 10 heteroatoms. The van der Waals surface area contributed by atoms with E-state index >= 15 is 0 Å². The topological polar surface area (TPSA) is 161 Å². The second-order valence-corrected chi connectivity index (χ2v) is 10.5. The third kappa shape index (κ3) is 3.36. The number of nitrogens with one attached hydrogen (secondary N) is 3. The molecule has 3 aromatic heterocycles. The van der Waals surface area contributed by atoms with Crippen LogP contribution in [-0.4, -0.2) is 52.8 Å². The molecule has 0 fully saturated rings. The van der Waals surface area contributed by atoms with Gasteiger partial charge in [0.05, 0.1) is 44.7 Å². The maximum atomic E-state index is 9.31. The van der Waals surface area contributed by atoms with E-state index in [0.29, 0.717) is 84.2 Å². The van der Waals surface area contributed by atoms with Crippen molar-refractivity contribution < 1.29 is 0 Å². The third-order valence-electron chi connectivity index (χ3n) is 7.91. The normalized spacial score (nSPS) is 14.5. The van der Waals surface area contributed by atoms with E-state index in [1.54, 1.807) is 0 Å². The van der Waals surface area contributed by atoms with Crippen LogP contribution in [-0.2, 0) is 0 Å². The molecule has 3 heterocycles. The lowest BCUT2D eigenvalue weighted by atomic mass is 9.88. The van der Waals surface area contributed by atoms with Crippen molar-refractivity contribution in [3.05, 3.63) is 114 Å². The van der Waals surface area contributed by atoms with Crippen LogP contribution in [0.4, 0.5) is 5.69 Å². The summed E-state index contributed by atoms with van der Waals surface area (Å²) in [5.74, 6) is 0. The monoisotopic (exact) mass is 566 g/mol. The molecule has 0 radical (unpaired) electrons. The maximum Gasteiger partial charge on any atom is 0.120 e. The lowest BCUT2D eigenvalue weighted by molar-refractivity contribution is 1.18. The molecule has 4 aromatic carbocycles. The maximum absolute atomic E-state index is 9.31. The molecule has 9 rings (SSSR count). The molecule has 0 amide bonds. The van der Waals surface area contributed by atoms with Crippen LogP contribution in [0.15, 0.2) is 96.0 Å². The molecule has 44 heavy (non-hydrogen) atoms. The van der Waals surface area contributed by atoms with Crippen LogP contribution in [0.1, 0.15) is 22.6 Å². The van der Waals surface area contributed by atoms with Gasteiger partial charge < -0.3 is 0 Å². The van der Waals surface area contributed by atoms with Crippen LogP contribution in [0.3, 0.4) is 0 Å². The summed E-state index contributed by atoms with van der Waals surface area (Å²) in [7, 11) is 0. The number of benzene rings is 4. The molecule has 0 atom stereocenters. The molecule has 3 N–H and O–H groups in total. The molecular weight excluding hydrogens is 548 g/mol. The number of hydrogen-bond donors (Lipinski definition) is 3. The molecule has 0 spiro atoms. The number of aromatic nitrogens is 6. The smallest absolute Gasteiger partial charge is 0.120 e. The zero-order valence-corrected chi connectivity index (χ0v) is 22.8. The van der Waals surface area contributed by atoms with Gasteiger partial charge in [0.25, 0.3) is 0 Å². The molecule has 2 aliphatic rings. The second-order valence-electron chi connectivity index (χ2n) is 10.5. The Morgan fingerprint density at radius 1 is 0.386 bits per heavy atom. The number of rotatable bonds is 1. The van der Waals surface area contributed by atoms with E-state index in [1.165, 1.54) is 0 Å². The Bertz CT molecular complexity index is 2510. The summed E-state index contributed by atoms with van der Waals surface area (Å²) >= 11 is 0. The molecule has 0 saturated carbocycles. The van der Waals surface area contributed by atoms with Crippen molar-refractivity contribution in [2.45, 2.75) is 0 Å². The molecule has 10 nitrogen and oxygen atoms in total. The van der Waals surface area contributed by atoms with Crippen LogP contribution in [0.25, 0.3) is 55.7 Å². The number of fused-ring (bicyclic) bond motifs is 9. The minimum absolute atomic E-state index is 0.0253. The van der Waals surface area contributed by atoms with Gasteiger partial charge in [-0.3, -0.25) is 16.2 Å². The van der Waals surface area contributed by atoms with E-state index in [1.807, 2.05) is 91.0 Å². The summed E-state index contributed by atoms with van der Waals surface area (Å²) in [6.07, 6.45) is 0. The fourth-order valence-electron chi connectivity index (χ4n) is 5.80. The fourth-order valence-corrected chi connectivity index (χ4v) is 5.80. The molecule has 0 saturated heterocycles. The van der Waals surface area contributed by atoms with Crippen LogP contribution in [0.5, 0.6) is 0 Å². The van der Waals surface area contributed by atoms with Gasteiger partial charge in [-0.1, -0.05) is 54.6 Å². The highest BCUT2D eigenvalue weighted by atomic mass is 15.0. The summed E-state index contributed by atoms with van der Waals surface area (Å²) < 4.78 is 0. The van der Waals surface area contributed by atoms with Gasteiger partial charge in [0, 0.05) is 11.1 Å². The Kier molecular flexibility index (Phi) is 4.84. The van der Waals surface area contributed by atoms with Gasteiger partial charge in [0.2, 0.25) is 0 Å². The van der Waals surface area contributed by atoms with E-state index in [2.05, 4.69) is 0 Å². The third-order valence-corrected chi connectivity index (χ3v) is 7.91. The standard InChI is InChI=1S/C34H18N10/c35-24-16-8-1-2-9-17(16)27-29(25(24)36)42-22-14-7-15-23(28(22)44-27)43-31-26(37)30-32(39-19-11-4-3-10-18(19)38-30)34-33(31)40-20-12-5-6-13-21(20)41-34/h1-15,35-37H. The van der Waals surface area contributed by atoms with E-state index in [4.69, 9.17) is 45.7 Å². The van der Waals surface area contributed by atoms with Gasteiger partial charge in [0.1, 0.15) is 51.1 Å². The summed E-state index contributed by atoms with van der Waals surface area (Å²) in [6, 6.07) is 28.0. The Hall–Kier alpha value is -6.42. The first-order valence-electron chi connectivity index (χ1n) is 13.9. The van der Waals surface area contributed by atoms with Crippen LogP contribution >= 0.6 is 0 Å². The van der Waals surface area contributed by atoms with E-state index < -0.39 is 0 Å². The van der Waals surface area contributed by atoms with Crippen LogP contribution in [0.2, 0.25) is 0 Å². The lowest BCUT2D eigenvalue weighted by Gasteiger charge is -2.21. The quantitative estimate of drug-likeness (QED) is 0.217. The minimum atomic E-state index is 0.0253.